The molecule has 3 heterocycles. The van der Waals surface area contributed by atoms with Crippen molar-refractivity contribution in [2.24, 2.45) is 7.05 Å². The summed E-state index contributed by atoms with van der Waals surface area (Å²) in [6.07, 6.45) is -1.53. The summed E-state index contributed by atoms with van der Waals surface area (Å²) >= 11 is 0. The highest BCUT2D eigenvalue weighted by atomic mass is 19.4. The van der Waals surface area contributed by atoms with Crippen molar-refractivity contribution in [2.45, 2.75) is 25.1 Å². The van der Waals surface area contributed by atoms with E-state index in [1.165, 1.54) is 23.0 Å². The monoisotopic (exact) mass is 391 g/mol. The molecule has 0 unspecified atom stereocenters. The van der Waals surface area contributed by atoms with Crippen LogP contribution >= 0.6 is 0 Å². The van der Waals surface area contributed by atoms with Gasteiger partial charge in [0, 0.05) is 25.4 Å². The third-order valence-corrected chi connectivity index (χ3v) is 4.73. The summed E-state index contributed by atoms with van der Waals surface area (Å²) in [7, 11) is 1.68. The summed E-state index contributed by atoms with van der Waals surface area (Å²) in [6.45, 7) is 0.524. The fourth-order valence-corrected chi connectivity index (χ4v) is 3.32. The standard InChI is InChI=1S/C18H16F3N5O2/c1-25-14(7-8-22-25)17(27)26-9-3-6-13(26)16-23-15(24-28-16)11-4-2-5-12(10-11)18(19,20)21/h2,4-5,7-8,10,13H,3,6,9H2,1H3/t13-/m1/s1. The Morgan fingerprint density at radius 2 is 2.11 bits per heavy atom. The van der Waals surface area contributed by atoms with Crippen LogP contribution in [0.25, 0.3) is 11.4 Å². The van der Waals surface area contributed by atoms with Crippen molar-refractivity contribution < 1.29 is 22.5 Å². The Labute approximate surface area is 157 Å². The lowest BCUT2D eigenvalue weighted by Gasteiger charge is -2.21. The molecule has 7 nitrogen and oxygen atoms in total. The summed E-state index contributed by atoms with van der Waals surface area (Å²) in [6, 6.07) is 5.94. The number of rotatable bonds is 3. The number of likely N-dealkylation sites (tertiary alicyclic amines) is 1. The Morgan fingerprint density at radius 3 is 2.82 bits per heavy atom. The first-order chi connectivity index (χ1) is 13.3. The molecule has 2 aromatic heterocycles. The van der Waals surface area contributed by atoms with Crippen LogP contribution in [0, 0.1) is 0 Å². The highest BCUT2D eigenvalue weighted by Crippen LogP contribution is 2.34. The minimum atomic E-state index is -4.46. The third kappa shape index (κ3) is 3.25. The van der Waals surface area contributed by atoms with Crippen molar-refractivity contribution in [2.75, 3.05) is 6.54 Å². The Hall–Kier alpha value is -3.17. The van der Waals surface area contributed by atoms with E-state index in [2.05, 4.69) is 15.2 Å². The Balaban J connectivity index is 1.60. The van der Waals surface area contributed by atoms with E-state index in [0.29, 0.717) is 18.7 Å². The highest BCUT2D eigenvalue weighted by molar-refractivity contribution is 5.92. The predicted octanol–water partition coefficient (Wildman–Crippen LogP) is 3.47. The van der Waals surface area contributed by atoms with Gasteiger partial charge in [0.1, 0.15) is 11.7 Å². The van der Waals surface area contributed by atoms with Gasteiger partial charge >= 0.3 is 6.18 Å². The van der Waals surface area contributed by atoms with E-state index in [9.17, 15) is 18.0 Å². The van der Waals surface area contributed by atoms with E-state index >= 15 is 0 Å². The number of nitrogens with zero attached hydrogens (tertiary/aromatic N) is 5. The van der Waals surface area contributed by atoms with Gasteiger partial charge in [0.25, 0.3) is 5.91 Å². The van der Waals surface area contributed by atoms with Gasteiger partial charge in [0.2, 0.25) is 11.7 Å². The molecule has 28 heavy (non-hydrogen) atoms. The number of carbonyl (C=O) groups is 1. The molecule has 0 spiro atoms. The number of halogens is 3. The van der Waals surface area contributed by atoms with Crippen molar-refractivity contribution in [1.82, 2.24) is 24.8 Å². The maximum absolute atomic E-state index is 12.9. The molecular weight excluding hydrogens is 375 g/mol. The Kier molecular flexibility index (Phi) is 4.40. The number of benzene rings is 1. The molecule has 1 atom stereocenters. The van der Waals surface area contributed by atoms with Gasteiger partial charge in [0.05, 0.1) is 5.56 Å². The number of aryl methyl sites for hydroxylation is 1. The third-order valence-electron chi connectivity index (χ3n) is 4.73. The van der Waals surface area contributed by atoms with Crippen LogP contribution in [-0.2, 0) is 13.2 Å². The molecule has 0 saturated carbocycles. The van der Waals surface area contributed by atoms with Crippen molar-refractivity contribution in [1.29, 1.82) is 0 Å². The molecule has 1 fully saturated rings. The summed E-state index contributed by atoms with van der Waals surface area (Å²) < 4.78 is 45.6. The second-order valence-corrected chi connectivity index (χ2v) is 6.53. The first-order valence-corrected chi connectivity index (χ1v) is 8.65. The lowest BCUT2D eigenvalue weighted by atomic mass is 10.1. The smallest absolute Gasteiger partial charge is 0.337 e. The van der Waals surface area contributed by atoms with Crippen molar-refractivity contribution >= 4 is 5.91 Å². The summed E-state index contributed by atoms with van der Waals surface area (Å²) in [4.78, 5) is 18.7. The lowest BCUT2D eigenvalue weighted by molar-refractivity contribution is -0.137. The molecule has 0 aliphatic carbocycles. The summed E-state index contributed by atoms with van der Waals surface area (Å²) in [5, 5.41) is 7.82. The molecule has 0 N–H and O–H groups in total. The van der Waals surface area contributed by atoms with Crippen LogP contribution in [-0.4, -0.2) is 37.3 Å². The van der Waals surface area contributed by atoms with Gasteiger partial charge in [-0.15, -0.1) is 0 Å². The molecule has 0 bridgehead atoms. The first kappa shape index (κ1) is 18.2. The van der Waals surface area contributed by atoms with Crippen LogP contribution in [0.3, 0.4) is 0 Å². The fourth-order valence-electron chi connectivity index (χ4n) is 3.32. The maximum atomic E-state index is 12.9. The predicted molar refractivity (Wildman–Crippen MR) is 91.0 cm³/mol. The molecule has 1 aliphatic heterocycles. The van der Waals surface area contributed by atoms with Crippen LogP contribution in [0.15, 0.2) is 41.1 Å². The molecule has 1 aliphatic rings. The molecule has 4 rings (SSSR count). The lowest BCUT2D eigenvalue weighted by Crippen LogP contribution is -2.32. The zero-order chi connectivity index (χ0) is 19.9. The van der Waals surface area contributed by atoms with Crippen molar-refractivity contribution in [3.8, 4) is 11.4 Å². The number of hydrogen-bond acceptors (Lipinski definition) is 5. The molecule has 10 heteroatoms. The van der Waals surface area contributed by atoms with E-state index < -0.39 is 17.8 Å². The van der Waals surface area contributed by atoms with E-state index in [-0.39, 0.29) is 23.2 Å². The highest BCUT2D eigenvalue weighted by Gasteiger charge is 2.36. The quantitative estimate of drug-likeness (QED) is 0.683. The molecule has 1 saturated heterocycles. The van der Waals surface area contributed by atoms with E-state index in [1.54, 1.807) is 18.0 Å². The van der Waals surface area contributed by atoms with E-state index in [0.717, 1.165) is 18.6 Å². The maximum Gasteiger partial charge on any atom is 0.416 e. The Morgan fingerprint density at radius 1 is 1.29 bits per heavy atom. The first-order valence-electron chi connectivity index (χ1n) is 8.65. The van der Waals surface area contributed by atoms with Crippen LogP contribution < -0.4 is 0 Å². The largest absolute Gasteiger partial charge is 0.416 e. The molecule has 3 aromatic rings. The van der Waals surface area contributed by atoms with Crippen molar-refractivity contribution in [3.05, 3.63) is 53.7 Å². The number of amides is 1. The van der Waals surface area contributed by atoms with Crippen LogP contribution in [0.5, 0.6) is 0 Å². The molecule has 1 amide bonds. The number of aromatic nitrogens is 4. The van der Waals surface area contributed by atoms with Crippen LogP contribution in [0.1, 0.15) is 40.8 Å². The summed E-state index contributed by atoms with van der Waals surface area (Å²) in [5.41, 5.74) is -0.151. The molecule has 1 aromatic carbocycles. The topological polar surface area (TPSA) is 77.1 Å². The van der Waals surface area contributed by atoms with Gasteiger partial charge < -0.3 is 9.42 Å². The molecule has 0 radical (unpaired) electrons. The summed E-state index contributed by atoms with van der Waals surface area (Å²) in [5.74, 6) is 0.0580. The van der Waals surface area contributed by atoms with Crippen LogP contribution in [0.4, 0.5) is 13.2 Å². The van der Waals surface area contributed by atoms with E-state index in [4.69, 9.17) is 4.52 Å². The second kappa shape index (κ2) is 6.77. The minimum absolute atomic E-state index is 0.0564. The average Bonchev–Trinajstić information content (AvgIpc) is 3.40. The number of carbonyl (C=O) groups excluding carboxylic acids is 1. The zero-order valence-corrected chi connectivity index (χ0v) is 14.8. The zero-order valence-electron chi connectivity index (χ0n) is 14.8. The van der Waals surface area contributed by atoms with Crippen LogP contribution in [0.2, 0.25) is 0 Å². The Bertz CT molecular complexity index is 1010. The average molecular weight is 391 g/mol. The normalized spacial score (nSPS) is 17.3. The van der Waals surface area contributed by atoms with Gasteiger partial charge in [-0.3, -0.25) is 9.48 Å². The van der Waals surface area contributed by atoms with Crippen molar-refractivity contribution in [3.63, 3.8) is 0 Å². The SMILES string of the molecule is Cn1nccc1C(=O)N1CCC[C@@H]1c1nc(-c2cccc(C(F)(F)F)c2)no1. The van der Waals surface area contributed by atoms with Gasteiger partial charge in [-0.2, -0.15) is 23.3 Å². The van der Waals surface area contributed by atoms with Gasteiger partial charge in [0.15, 0.2) is 0 Å². The molecule has 146 valence electrons. The molecular formula is C18H16F3N5O2. The second-order valence-electron chi connectivity index (χ2n) is 6.53. The fraction of sp³-hybridized carbons (Fsp3) is 0.333. The van der Waals surface area contributed by atoms with Gasteiger partial charge in [-0.05, 0) is 31.0 Å². The minimum Gasteiger partial charge on any atom is -0.337 e. The van der Waals surface area contributed by atoms with Gasteiger partial charge in [-0.25, -0.2) is 0 Å². The van der Waals surface area contributed by atoms with E-state index in [1.807, 2.05) is 0 Å². The van der Waals surface area contributed by atoms with Gasteiger partial charge in [-0.1, -0.05) is 17.3 Å². The number of hydrogen-bond donors (Lipinski definition) is 0. The number of alkyl halides is 3.